The number of rotatable bonds is 5. The lowest BCUT2D eigenvalue weighted by atomic mass is 10.1. The van der Waals surface area contributed by atoms with Crippen molar-refractivity contribution in [2.45, 2.75) is 24.8 Å². The molecule has 0 aromatic rings. The van der Waals surface area contributed by atoms with E-state index in [0.29, 0.717) is 6.92 Å². The molecule has 0 spiro atoms. The van der Waals surface area contributed by atoms with Crippen molar-refractivity contribution in [3.63, 3.8) is 0 Å². The van der Waals surface area contributed by atoms with Crippen LogP contribution in [0.4, 0.5) is 26.3 Å². The van der Waals surface area contributed by atoms with E-state index in [0.717, 1.165) is 0 Å². The fourth-order valence-corrected chi connectivity index (χ4v) is 0.753. The molecule has 0 aliphatic heterocycles. The van der Waals surface area contributed by atoms with Gasteiger partial charge in [0, 0.05) is 11.8 Å². The highest BCUT2D eigenvalue weighted by Crippen LogP contribution is 2.21. The lowest BCUT2D eigenvalue weighted by Gasteiger charge is -2.20. The van der Waals surface area contributed by atoms with E-state index >= 15 is 0 Å². The number of alkyl halides is 6. The summed E-state index contributed by atoms with van der Waals surface area (Å²) in [6.07, 6.45) is -10.9. The normalized spacial score (nSPS) is 12.7. The van der Waals surface area contributed by atoms with Gasteiger partial charge in [0.2, 0.25) is 0 Å². The van der Waals surface area contributed by atoms with Crippen LogP contribution in [0.25, 0.3) is 0 Å². The molecule has 0 atom stereocenters. The molecule has 0 aliphatic carbocycles. The highest BCUT2D eigenvalue weighted by molar-refractivity contribution is 5.76. The summed E-state index contributed by atoms with van der Waals surface area (Å²) in [7, 11) is 0. The van der Waals surface area contributed by atoms with Crippen LogP contribution in [0, 0.1) is 10.1 Å². The van der Waals surface area contributed by atoms with Crippen molar-refractivity contribution in [3.05, 3.63) is 10.1 Å². The van der Waals surface area contributed by atoms with Gasteiger partial charge in [-0.05, 0) is 0 Å². The van der Waals surface area contributed by atoms with Gasteiger partial charge in [-0.15, -0.1) is 0 Å². The number of ether oxygens (including phenoxy) is 2. The molecule has 0 aromatic carbocycles. The maximum Gasteiger partial charge on any atom is 0.490 e. The summed E-state index contributed by atoms with van der Waals surface area (Å²) in [5.74, 6) is -5.53. The van der Waals surface area contributed by atoms with E-state index in [2.05, 4.69) is 9.47 Å². The molecule has 0 unspecified atom stereocenters. The fraction of sp³-hybridized carbons (Fsp3) is 0.750. The molecule has 0 N–H and O–H groups in total. The Morgan fingerprint density at radius 2 is 1.24 bits per heavy atom. The second kappa shape index (κ2) is 6.13. The predicted molar refractivity (Wildman–Crippen MR) is 49.4 cm³/mol. The van der Waals surface area contributed by atoms with Crippen LogP contribution in [0.2, 0.25) is 0 Å². The second-order valence-electron chi connectivity index (χ2n) is 3.90. The first-order chi connectivity index (χ1) is 9.20. The van der Waals surface area contributed by atoms with Gasteiger partial charge in [0.15, 0.2) is 13.2 Å². The minimum atomic E-state index is -5.43. The number of carbonyl (C=O) groups excluding carboxylic acids is 2. The molecule has 0 fully saturated rings. The summed E-state index contributed by atoms with van der Waals surface area (Å²) in [4.78, 5) is 30.0. The second-order valence-corrected chi connectivity index (χ2v) is 3.90. The zero-order chi connectivity index (χ0) is 17.1. The summed E-state index contributed by atoms with van der Waals surface area (Å²) in [6.45, 7) is -2.53. The van der Waals surface area contributed by atoms with Crippen molar-refractivity contribution in [2.75, 3.05) is 13.2 Å². The molecule has 0 bridgehead atoms. The zero-order valence-electron chi connectivity index (χ0n) is 10.1. The fourth-order valence-electron chi connectivity index (χ4n) is 0.753. The SMILES string of the molecule is CC(COC(=O)C(F)(F)F)(COC(=O)C(F)(F)F)[N+](=O)[O-]. The van der Waals surface area contributed by atoms with E-state index in [4.69, 9.17) is 0 Å². The minimum absolute atomic E-state index is 0.542. The van der Waals surface area contributed by atoms with Gasteiger partial charge in [0.25, 0.3) is 5.54 Å². The lowest BCUT2D eigenvalue weighted by molar-refractivity contribution is -0.571. The van der Waals surface area contributed by atoms with Gasteiger partial charge >= 0.3 is 24.3 Å². The summed E-state index contributed by atoms with van der Waals surface area (Å²) in [5, 5.41) is 10.6. The van der Waals surface area contributed by atoms with Gasteiger partial charge in [-0.2, -0.15) is 26.3 Å². The van der Waals surface area contributed by atoms with Crippen molar-refractivity contribution in [1.29, 1.82) is 0 Å². The van der Waals surface area contributed by atoms with Gasteiger partial charge < -0.3 is 9.47 Å². The number of carbonyl (C=O) groups is 2. The number of nitrogens with zero attached hydrogens (tertiary/aromatic N) is 1. The Balaban J connectivity index is 4.77. The molecular formula is C8H7F6NO6. The van der Waals surface area contributed by atoms with Crippen LogP contribution in [0.5, 0.6) is 0 Å². The molecule has 7 nitrogen and oxygen atoms in total. The summed E-state index contributed by atoms with van der Waals surface area (Å²) in [6, 6.07) is 0. The van der Waals surface area contributed by atoms with Gasteiger partial charge in [0.1, 0.15) is 0 Å². The highest BCUT2D eigenvalue weighted by atomic mass is 19.4. The summed E-state index contributed by atoms with van der Waals surface area (Å²) >= 11 is 0. The highest BCUT2D eigenvalue weighted by Gasteiger charge is 2.48. The van der Waals surface area contributed by atoms with Gasteiger partial charge in [-0.1, -0.05) is 0 Å². The van der Waals surface area contributed by atoms with E-state index in [1.54, 1.807) is 0 Å². The van der Waals surface area contributed by atoms with Crippen LogP contribution < -0.4 is 0 Å². The van der Waals surface area contributed by atoms with Crippen LogP contribution in [0.1, 0.15) is 6.92 Å². The lowest BCUT2D eigenvalue weighted by Crippen LogP contribution is -2.47. The molecule has 122 valence electrons. The molecule has 0 radical (unpaired) electrons. The first kappa shape index (κ1) is 18.9. The minimum Gasteiger partial charge on any atom is -0.451 e. The van der Waals surface area contributed by atoms with Crippen LogP contribution in [0.3, 0.4) is 0 Å². The molecule has 0 saturated carbocycles. The average Bonchev–Trinajstić information content (AvgIpc) is 2.30. The average molecular weight is 327 g/mol. The first-order valence-corrected chi connectivity index (χ1v) is 4.82. The maximum atomic E-state index is 11.8. The predicted octanol–water partition coefficient (Wildman–Crippen LogP) is 1.23. The molecular weight excluding hydrogens is 320 g/mol. The Hall–Kier alpha value is -2.08. The third kappa shape index (κ3) is 5.83. The van der Waals surface area contributed by atoms with Crippen LogP contribution in [0.15, 0.2) is 0 Å². The van der Waals surface area contributed by atoms with E-state index < -0.39 is 48.0 Å². The molecule has 0 aliphatic rings. The molecule has 0 saturated heterocycles. The first-order valence-electron chi connectivity index (χ1n) is 4.82. The number of hydrogen-bond donors (Lipinski definition) is 0. The Labute approximate surface area is 111 Å². The number of halogens is 6. The standard InChI is InChI=1S/C8H7F6NO6/c1-6(15(18)19,2-20-4(16)7(9,10)11)3-21-5(17)8(12,13)14/h2-3H2,1H3. The van der Waals surface area contributed by atoms with E-state index in [1.807, 2.05) is 0 Å². The van der Waals surface area contributed by atoms with E-state index in [1.165, 1.54) is 0 Å². The summed E-state index contributed by atoms with van der Waals surface area (Å²) in [5.41, 5.74) is -2.66. The van der Waals surface area contributed by atoms with Crippen LogP contribution >= 0.6 is 0 Å². The Kier molecular flexibility index (Phi) is 5.53. The van der Waals surface area contributed by atoms with Crippen molar-refractivity contribution < 1.29 is 50.3 Å². The summed E-state index contributed by atoms with van der Waals surface area (Å²) < 4.78 is 78.0. The monoisotopic (exact) mass is 327 g/mol. The van der Waals surface area contributed by atoms with Crippen molar-refractivity contribution in [1.82, 2.24) is 0 Å². The Morgan fingerprint density at radius 1 is 0.952 bits per heavy atom. The molecule has 13 heteroatoms. The number of nitro groups is 1. The molecule has 0 rings (SSSR count). The zero-order valence-corrected chi connectivity index (χ0v) is 10.1. The van der Waals surface area contributed by atoms with Crippen molar-refractivity contribution >= 4 is 11.9 Å². The third-order valence-corrected chi connectivity index (χ3v) is 1.93. The van der Waals surface area contributed by atoms with Crippen LogP contribution in [-0.4, -0.2) is 48.0 Å². The topological polar surface area (TPSA) is 95.7 Å². The maximum absolute atomic E-state index is 11.8. The number of hydrogen-bond acceptors (Lipinski definition) is 6. The van der Waals surface area contributed by atoms with Crippen LogP contribution in [-0.2, 0) is 19.1 Å². The van der Waals surface area contributed by atoms with E-state index in [-0.39, 0.29) is 0 Å². The van der Waals surface area contributed by atoms with E-state index in [9.17, 15) is 46.0 Å². The molecule has 0 aromatic heterocycles. The Morgan fingerprint density at radius 3 is 1.43 bits per heavy atom. The molecule has 0 amide bonds. The third-order valence-electron chi connectivity index (χ3n) is 1.93. The Bertz CT molecular complexity index is 400. The largest absolute Gasteiger partial charge is 0.490 e. The van der Waals surface area contributed by atoms with Crippen molar-refractivity contribution in [2.24, 2.45) is 0 Å². The smallest absolute Gasteiger partial charge is 0.451 e. The number of esters is 2. The molecule has 0 heterocycles. The molecule has 21 heavy (non-hydrogen) atoms. The van der Waals surface area contributed by atoms with Gasteiger partial charge in [-0.3, -0.25) is 10.1 Å². The van der Waals surface area contributed by atoms with Gasteiger partial charge in [-0.25, -0.2) is 9.59 Å². The van der Waals surface area contributed by atoms with Gasteiger partial charge in [0.05, 0.1) is 0 Å². The van der Waals surface area contributed by atoms with Crippen molar-refractivity contribution in [3.8, 4) is 0 Å². The quantitative estimate of drug-likeness (QED) is 0.326.